The van der Waals surface area contributed by atoms with E-state index in [0.29, 0.717) is 24.3 Å². The van der Waals surface area contributed by atoms with Crippen LogP contribution in [0.3, 0.4) is 0 Å². The highest BCUT2D eigenvalue weighted by molar-refractivity contribution is 6.30. The first-order chi connectivity index (χ1) is 32.4. The molecule has 20 heteroatoms. The number of halogens is 14. The van der Waals surface area contributed by atoms with Gasteiger partial charge in [-0.2, -0.15) is 21.0 Å². The van der Waals surface area contributed by atoms with Crippen LogP contribution >= 0.6 is 0 Å². The molecule has 2 heterocycles. The van der Waals surface area contributed by atoms with E-state index in [-0.39, 0.29) is 0 Å². The molecule has 0 amide bonds. The van der Waals surface area contributed by atoms with Crippen LogP contribution in [0.2, 0.25) is 0 Å². The van der Waals surface area contributed by atoms with Gasteiger partial charge in [0.15, 0.2) is 46.5 Å². The third-order valence-corrected chi connectivity index (χ3v) is 10.5. The van der Waals surface area contributed by atoms with Crippen molar-refractivity contribution in [3.63, 3.8) is 0 Å². The van der Waals surface area contributed by atoms with Crippen LogP contribution in [-0.4, -0.2) is 11.4 Å². The first-order valence-electron chi connectivity index (χ1n) is 18.6. The van der Waals surface area contributed by atoms with Crippen LogP contribution in [0.25, 0.3) is 11.1 Å². The zero-order valence-electron chi connectivity index (χ0n) is 32.9. The SMILES string of the molecule is N#Cc1cc(C(=C2C(c3c(F)c(F)c(F)c(F)c3F)=NC3=C2N=C(c2c(F)c(F)c(F)c(F)c2F)C3=C(c2ccc(F)c(C#N)c2)c2ccc(F)c(C#N)c2)c2ccc(F)c(C#N)c2)ccc1F. The Morgan fingerprint density at radius 2 is 0.544 bits per heavy atom. The molecule has 68 heavy (non-hydrogen) atoms. The second kappa shape index (κ2) is 17.0. The first kappa shape index (κ1) is 45.4. The fourth-order valence-corrected chi connectivity index (χ4v) is 7.45. The van der Waals surface area contributed by atoms with Crippen LogP contribution in [0.4, 0.5) is 61.5 Å². The minimum absolute atomic E-state index is 0.473. The number of nitriles is 4. The Kier molecular flexibility index (Phi) is 11.4. The lowest BCUT2D eigenvalue weighted by molar-refractivity contribution is 0.377. The lowest BCUT2D eigenvalue weighted by Crippen LogP contribution is -2.18. The van der Waals surface area contributed by atoms with Gasteiger partial charge in [-0.1, -0.05) is 24.3 Å². The van der Waals surface area contributed by atoms with Crippen molar-refractivity contribution in [3.05, 3.63) is 232 Å². The Morgan fingerprint density at radius 3 is 0.765 bits per heavy atom. The van der Waals surface area contributed by atoms with Crippen LogP contribution in [0.15, 0.2) is 105 Å². The predicted molar refractivity (Wildman–Crippen MR) is 209 cm³/mol. The normalized spacial score (nSPS) is 12.9. The summed E-state index contributed by atoms with van der Waals surface area (Å²) in [5.74, 6) is -30.9. The van der Waals surface area contributed by atoms with E-state index in [1.54, 1.807) is 0 Å². The zero-order chi connectivity index (χ0) is 49.2. The first-order valence-corrected chi connectivity index (χ1v) is 18.6. The van der Waals surface area contributed by atoms with Gasteiger partial charge in [0.25, 0.3) is 0 Å². The van der Waals surface area contributed by atoms with Crippen molar-refractivity contribution in [1.82, 2.24) is 0 Å². The molecule has 8 rings (SSSR count). The van der Waals surface area contributed by atoms with Gasteiger partial charge in [-0.25, -0.2) is 71.5 Å². The van der Waals surface area contributed by atoms with Gasteiger partial charge in [0.1, 0.15) is 58.9 Å². The molecule has 332 valence electrons. The van der Waals surface area contributed by atoms with Gasteiger partial charge in [-0.15, -0.1) is 0 Å². The summed E-state index contributed by atoms with van der Waals surface area (Å²) in [6.07, 6.45) is 0. The molecule has 2 aliphatic heterocycles. The third-order valence-electron chi connectivity index (χ3n) is 10.5. The molecule has 0 fully saturated rings. The van der Waals surface area contributed by atoms with E-state index in [1.165, 1.54) is 24.3 Å². The maximum atomic E-state index is 16.2. The van der Waals surface area contributed by atoms with Crippen LogP contribution in [0.1, 0.15) is 55.6 Å². The van der Waals surface area contributed by atoms with Crippen molar-refractivity contribution >= 4 is 22.6 Å². The van der Waals surface area contributed by atoms with Gasteiger partial charge in [-0.05, 0) is 70.8 Å². The second-order valence-electron chi connectivity index (χ2n) is 14.2. The summed E-state index contributed by atoms with van der Waals surface area (Å²) in [6.45, 7) is 0. The number of allylic oxidation sites excluding steroid dienone is 2. The van der Waals surface area contributed by atoms with E-state index in [4.69, 9.17) is 0 Å². The number of benzene rings is 6. The van der Waals surface area contributed by atoms with Crippen molar-refractivity contribution in [2.75, 3.05) is 0 Å². The molecule has 0 saturated heterocycles. The Morgan fingerprint density at radius 1 is 0.324 bits per heavy atom. The topological polar surface area (TPSA) is 120 Å². The lowest BCUT2D eigenvalue weighted by atomic mass is 9.85. The molecular weight excluding hydrogens is 927 g/mol. The number of hydrogen-bond donors (Lipinski definition) is 0. The summed E-state index contributed by atoms with van der Waals surface area (Å²) >= 11 is 0. The van der Waals surface area contributed by atoms with Crippen molar-refractivity contribution in [2.24, 2.45) is 9.98 Å². The Hall–Kier alpha value is -9.14. The lowest BCUT2D eigenvalue weighted by Gasteiger charge is -2.19. The summed E-state index contributed by atoms with van der Waals surface area (Å²) in [7, 11) is 0. The average molecular weight is 939 g/mol. The van der Waals surface area contributed by atoms with E-state index in [0.717, 1.165) is 48.5 Å². The second-order valence-corrected chi connectivity index (χ2v) is 14.2. The molecule has 0 atom stereocenters. The number of nitrogens with zero attached hydrogens (tertiary/aromatic N) is 6. The quantitative estimate of drug-likeness (QED) is 0.0938. The Labute approximate surface area is 371 Å². The van der Waals surface area contributed by atoms with Gasteiger partial charge in [0, 0.05) is 22.3 Å². The Balaban J connectivity index is 1.69. The predicted octanol–water partition coefficient (Wildman–Crippen LogP) is 11.6. The smallest absolute Gasteiger partial charge is 0.200 e. The molecule has 6 aromatic rings. The molecular formula is C48H12F14N6. The summed E-state index contributed by atoms with van der Waals surface area (Å²) in [4.78, 5) is 8.33. The standard InChI is InChI=1S/C48H12F14N6/c49-25-5-1-17(9-21(25)13-63)29(18-2-6-26(50)22(10-18)14-64)31-45(33-35(53)39(57)43(61)40(58)36(33)54)67-48-32(46(68-47(31)48)34-37(55)41(59)44(62)42(60)38(34)56)30(19-3-7-27(51)23(11-19)15-65)20-4-8-28(52)24(12-20)16-66/h1-12H. The van der Waals surface area contributed by atoms with Crippen LogP contribution in [0, 0.1) is 127 Å². The Bertz CT molecular complexity index is 3240. The average Bonchev–Trinajstić information content (AvgIpc) is 3.86. The van der Waals surface area contributed by atoms with Gasteiger partial charge >= 0.3 is 0 Å². The largest absolute Gasteiger partial charge is 0.244 e. The van der Waals surface area contributed by atoms with Crippen molar-refractivity contribution in [3.8, 4) is 24.3 Å². The molecule has 0 aliphatic carbocycles. The fourth-order valence-electron chi connectivity index (χ4n) is 7.45. The summed E-state index contributed by atoms with van der Waals surface area (Å²) in [5, 5.41) is 39.2. The highest BCUT2D eigenvalue weighted by Gasteiger charge is 2.44. The van der Waals surface area contributed by atoms with E-state index >= 15 is 35.1 Å². The molecule has 2 aliphatic rings. The molecule has 6 nitrogen and oxygen atoms in total. The van der Waals surface area contributed by atoms with Crippen LogP contribution in [0.5, 0.6) is 0 Å². The van der Waals surface area contributed by atoms with E-state index in [2.05, 4.69) is 9.98 Å². The minimum atomic E-state index is -2.69. The summed E-state index contributed by atoms with van der Waals surface area (Å²) < 4.78 is 215. The molecule has 0 unspecified atom stereocenters. The van der Waals surface area contributed by atoms with E-state index < -0.39 is 182 Å². The van der Waals surface area contributed by atoms with Crippen molar-refractivity contribution in [2.45, 2.75) is 0 Å². The van der Waals surface area contributed by atoms with Crippen LogP contribution < -0.4 is 0 Å². The molecule has 0 saturated carbocycles. The highest BCUT2D eigenvalue weighted by atomic mass is 19.2. The van der Waals surface area contributed by atoms with Gasteiger partial charge in [0.2, 0.25) is 11.6 Å². The number of aliphatic imine (C=N–C) groups is 2. The van der Waals surface area contributed by atoms with Crippen molar-refractivity contribution < 1.29 is 61.5 Å². The number of hydrogen-bond acceptors (Lipinski definition) is 6. The molecule has 0 spiro atoms. The van der Waals surface area contributed by atoms with Gasteiger partial charge in [-0.3, -0.25) is 0 Å². The molecule has 0 N–H and O–H groups in total. The highest BCUT2D eigenvalue weighted by Crippen LogP contribution is 2.50. The third kappa shape index (κ3) is 7.03. The zero-order valence-corrected chi connectivity index (χ0v) is 32.9. The van der Waals surface area contributed by atoms with Gasteiger partial charge < -0.3 is 0 Å². The minimum Gasteiger partial charge on any atom is -0.244 e. The monoisotopic (exact) mass is 938 g/mol. The van der Waals surface area contributed by atoms with E-state index in [9.17, 15) is 47.4 Å². The maximum absolute atomic E-state index is 16.2. The van der Waals surface area contributed by atoms with Crippen LogP contribution in [-0.2, 0) is 0 Å². The molecule has 0 radical (unpaired) electrons. The van der Waals surface area contributed by atoms with Crippen molar-refractivity contribution in [1.29, 1.82) is 21.0 Å². The summed E-state index contributed by atoms with van der Waals surface area (Å²) in [6, 6.07) is 15.0. The molecule has 0 aromatic heterocycles. The molecule has 6 aromatic carbocycles. The number of rotatable bonds is 6. The van der Waals surface area contributed by atoms with E-state index in [1.807, 2.05) is 0 Å². The maximum Gasteiger partial charge on any atom is 0.200 e. The van der Waals surface area contributed by atoms with Gasteiger partial charge in [0.05, 0.1) is 44.8 Å². The molecule has 0 bridgehead atoms. The summed E-state index contributed by atoms with van der Waals surface area (Å²) in [5.41, 5.74) is -17.0. The fraction of sp³-hybridized carbons (Fsp3) is 0.